The van der Waals surface area contributed by atoms with Crippen molar-refractivity contribution in [3.05, 3.63) is 89.3 Å². The molecule has 1 heterocycles. The van der Waals surface area contributed by atoms with E-state index >= 15 is 0 Å². The van der Waals surface area contributed by atoms with Crippen molar-refractivity contribution < 1.29 is 28.6 Å². The molecule has 3 rings (SSSR count). The number of carbonyl (C=O) groups excluding carboxylic acids is 3. The molecule has 1 N–H and O–H groups in total. The Bertz CT molecular complexity index is 1170. The fourth-order valence-electron chi connectivity index (χ4n) is 2.96. The standard InChI is InChI=1S/C26H25NO6S/c1-17(2)24(28)31-15-20(33-26(30)27-23-18(3)13-14-34-23)16-32-25(29)22-12-8-7-11-21(22)19-9-5-4-6-10-19/h4-14,20H,1,15-16H2,2-3H3,(H,27,30). The molecule has 0 bridgehead atoms. The largest absolute Gasteiger partial charge is 0.458 e. The van der Waals surface area contributed by atoms with E-state index in [-0.39, 0.29) is 18.8 Å². The Morgan fingerprint density at radius 1 is 0.971 bits per heavy atom. The zero-order chi connectivity index (χ0) is 24.5. The molecule has 0 saturated carbocycles. The average molecular weight is 480 g/mol. The van der Waals surface area contributed by atoms with Crippen LogP contribution in [0.2, 0.25) is 0 Å². The van der Waals surface area contributed by atoms with Crippen molar-refractivity contribution in [1.29, 1.82) is 0 Å². The molecule has 2 aromatic carbocycles. The van der Waals surface area contributed by atoms with Gasteiger partial charge in [0, 0.05) is 5.57 Å². The monoisotopic (exact) mass is 479 g/mol. The molecule has 8 heteroatoms. The van der Waals surface area contributed by atoms with Gasteiger partial charge in [0.05, 0.1) is 5.56 Å². The highest BCUT2D eigenvalue weighted by Crippen LogP contribution is 2.24. The molecule has 0 fully saturated rings. The van der Waals surface area contributed by atoms with Gasteiger partial charge in [0.25, 0.3) is 0 Å². The van der Waals surface area contributed by atoms with Gasteiger partial charge in [-0.25, -0.2) is 14.4 Å². The summed E-state index contributed by atoms with van der Waals surface area (Å²) < 4.78 is 16.0. The van der Waals surface area contributed by atoms with E-state index in [0.717, 1.165) is 11.1 Å². The molecule has 34 heavy (non-hydrogen) atoms. The normalized spacial score (nSPS) is 11.2. The number of rotatable bonds is 9. The number of nitrogens with one attached hydrogen (secondary N) is 1. The summed E-state index contributed by atoms with van der Waals surface area (Å²) >= 11 is 1.35. The highest BCUT2D eigenvalue weighted by atomic mass is 32.1. The molecule has 3 aromatic rings. The Morgan fingerprint density at radius 2 is 1.65 bits per heavy atom. The van der Waals surface area contributed by atoms with Crippen LogP contribution in [-0.2, 0) is 19.0 Å². The van der Waals surface area contributed by atoms with Crippen molar-refractivity contribution in [3.63, 3.8) is 0 Å². The van der Waals surface area contributed by atoms with Crippen molar-refractivity contribution in [1.82, 2.24) is 0 Å². The highest BCUT2D eigenvalue weighted by Gasteiger charge is 2.22. The Morgan fingerprint density at radius 3 is 2.32 bits per heavy atom. The molecule has 1 unspecified atom stereocenters. The van der Waals surface area contributed by atoms with Gasteiger partial charge in [-0.15, -0.1) is 11.3 Å². The Labute approximate surface area is 202 Å². The first kappa shape index (κ1) is 24.7. The van der Waals surface area contributed by atoms with Gasteiger partial charge in [0.15, 0.2) is 6.10 Å². The van der Waals surface area contributed by atoms with Crippen molar-refractivity contribution in [2.24, 2.45) is 0 Å². The third-order valence-electron chi connectivity index (χ3n) is 4.73. The number of hydrogen-bond donors (Lipinski definition) is 1. The fraction of sp³-hybridized carbons (Fsp3) is 0.192. The zero-order valence-corrected chi connectivity index (χ0v) is 19.7. The quantitative estimate of drug-likeness (QED) is 0.243. The van der Waals surface area contributed by atoms with Crippen molar-refractivity contribution >= 4 is 34.4 Å². The summed E-state index contributed by atoms with van der Waals surface area (Å²) in [7, 11) is 0. The van der Waals surface area contributed by atoms with Crippen LogP contribution >= 0.6 is 11.3 Å². The number of aryl methyl sites for hydroxylation is 1. The smallest absolute Gasteiger partial charge is 0.412 e. The van der Waals surface area contributed by atoms with E-state index < -0.39 is 24.1 Å². The molecule has 0 aliphatic carbocycles. The minimum Gasteiger partial charge on any atom is -0.458 e. The van der Waals surface area contributed by atoms with E-state index in [1.807, 2.05) is 60.8 Å². The molecular weight excluding hydrogens is 454 g/mol. The van der Waals surface area contributed by atoms with Crippen molar-refractivity contribution in [3.8, 4) is 11.1 Å². The summed E-state index contributed by atoms with van der Waals surface area (Å²) in [5.74, 6) is -1.22. The average Bonchev–Trinajstić information content (AvgIpc) is 3.24. The van der Waals surface area contributed by atoms with E-state index in [1.54, 1.807) is 12.1 Å². The number of hydrogen-bond acceptors (Lipinski definition) is 7. The number of ether oxygens (including phenoxy) is 3. The summed E-state index contributed by atoms with van der Waals surface area (Å²) in [6.45, 7) is 6.28. The van der Waals surface area contributed by atoms with Gasteiger partial charge in [-0.3, -0.25) is 5.32 Å². The lowest BCUT2D eigenvalue weighted by atomic mass is 10.00. The van der Waals surface area contributed by atoms with Crippen LogP contribution in [0.4, 0.5) is 9.80 Å². The molecule has 0 radical (unpaired) electrons. The molecule has 0 aliphatic rings. The van der Waals surface area contributed by atoms with Gasteiger partial charge in [0.1, 0.15) is 18.2 Å². The SMILES string of the molecule is C=C(C)C(=O)OCC(COC(=O)c1ccccc1-c1ccccc1)OC(=O)Nc1sccc1C. The van der Waals surface area contributed by atoms with Crippen LogP contribution in [0.1, 0.15) is 22.8 Å². The first-order valence-corrected chi connectivity index (χ1v) is 11.4. The Kier molecular flexibility index (Phi) is 8.59. The van der Waals surface area contributed by atoms with Gasteiger partial charge < -0.3 is 14.2 Å². The Hall–Kier alpha value is -3.91. The van der Waals surface area contributed by atoms with Crippen LogP contribution in [0.3, 0.4) is 0 Å². The summed E-state index contributed by atoms with van der Waals surface area (Å²) in [5, 5.41) is 5.11. The maximum Gasteiger partial charge on any atom is 0.412 e. The van der Waals surface area contributed by atoms with Crippen molar-refractivity contribution in [2.45, 2.75) is 20.0 Å². The summed E-state index contributed by atoms with van der Waals surface area (Å²) in [4.78, 5) is 37.1. The van der Waals surface area contributed by atoms with Gasteiger partial charge in [-0.2, -0.15) is 0 Å². The van der Waals surface area contributed by atoms with Gasteiger partial charge in [-0.1, -0.05) is 55.1 Å². The zero-order valence-electron chi connectivity index (χ0n) is 18.9. The van der Waals surface area contributed by atoms with Crippen LogP contribution < -0.4 is 5.32 Å². The van der Waals surface area contributed by atoms with Crippen LogP contribution in [0.15, 0.2) is 78.2 Å². The summed E-state index contributed by atoms with van der Waals surface area (Å²) in [6.07, 6.45) is -1.76. The van der Waals surface area contributed by atoms with Gasteiger partial charge >= 0.3 is 18.0 Å². The molecule has 0 aliphatic heterocycles. The fourth-order valence-corrected chi connectivity index (χ4v) is 3.76. The second kappa shape index (κ2) is 11.8. The molecule has 176 valence electrons. The second-order valence-corrected chi connectivity index (χ2v) is 8.39. The van der Waals surface area contributed by atoms with Crippen LogP contribution in [0.25, 0.3) is 11.1 Å². The minimum absolute atomic E-state index is 0.200. The topological polar surface area (TPSA) is 90.9 Å². The third-order valence-corrected chi connectivity index (χ3v) is 5.66. The van der Waals surface area contributed by atoms with Gasteiger partial charge in [-0.05, 0) is 48.1 Å². The van der Waals surface area contributed by atoms with Crippen LogP contribution in [0.5, 0.6) is 0 Å². The molecule has 1 aromatic heterocycles. The van der Waals surface area contributed by atoms with Gasteiger partial charge in [0.2, 0.25) is 0 Å². The number of benzene rings is 2. The van der Waals surface area contributed by atoms with E-state index in [9.17, 15) is 14.4 Å². The van der Waals surface area contributed by atoms with E-state index in [4.69, 9.17) is 14.2 Å². The maximum absolute atomic E-state index is 12.9. The minimum atomic E-state index is -1.02. The molecule has 0 spiro atoms. The number of carbonyl (C=O) groups is 3. The first-order chi connectivity index (χ1) is 16.3. The predicted octanol–water partition coefficient (Wildman–Crippen LogP) is 5.62. The summed E-state index contributed by atoms with van der Waals surface area (Å²) in [6, 6.07) is 18.4. The van der Waals surface area contributed by atoms with E-state index in [2.05, 4.69) is 11.9 Å². The first-order valence-electron chi connectivity index (χ1n) is 10.5. The molecule has 1 atom stereocenters. The van der Waals surface area contributed by atoms with Crippen molar-refractivity contribution in [2.75, 3.05) is 18.5 Å². The lowest BCUT2D eigenvalue weighted by Crippen LogP contribution is -2.32. The van der Waals surface area contributed by atoms with Crippen LogP contribution in [-0.4, -0.2) is 37.3 Å². The van der Waals surface area contributed by atoms with E-state index in [1.165, 1.54) is 18.3 Å². The maximum atomic E-state index is 12.9. The highest BCUT2D eigenvalue weighted by molar-refractivity contribution is 7.14. The Balaban J connectivity index is 1.69. The number of amides is 1. The molecule has 7 nitrogen and oxygen atoms in total. The molecule has 1 amide bonds. The van der Waals surface area contributed by atoms with Crippen LogP contribution in [0, 0.1) is 6.92 Å². The third kappa shape index (κ3) is 6.79. The summed E-state index contributed by atoms with van der Waals surface area (Å²) in [5.41, 5.74) is 3.03. The molecule has 0 saturated heterocycles. The number of esters is 2. The number of anilines is 1. The lowest BCUT2D eigenvalue weighted by Gasteiger charge is -2.19. The molecular formula is C26H25NO6S. The predicted molar refractivity (Wildman–Crippen MR) is 131 cm³/mol. The van der Waals surface area contributed by atoms with E-state index in [0.29, 0.717) is 16.1 Å². The number of thiophene rings is 1. The second-order valence-electron chi connectivity index (χ2n) is 7.47. The lowest BCUT2D eigenvalue weighted by molar-refractivity contribution is -0.142.